The molecule has 6 fully saturated rings. The van der Waals surface area contributed by atoms with Crippen molar-refractivity contribution in [3.8, 4) is 0 Å². The predicted molar refractivity (Wildman–Crippen MR) is 238 cm³/mol. The summed E-state index contributed by atoms with van der Waals surface area (Å²) in [5, 5.41) is 70.3. The molecule has 6 aliphatic rings. The lowest BCUT2D eigenvalue weighted by molar-refractivity contribution is -0.132. The van der Waals surface area contributed by atoms with Crippen molar-refractivity contribution in [1.29, 1.82) is 0 Å². The molecule has 26 heteroatoms. The lowest BCUT2D eigenvalue weighted by Gasteiger charge is -2.23. The zero-order valence-electron chi connectivity index (χ0n) is 37.5. The van der Waals surface area contributed by atoms with Gasteiger partial charge in [-0.15, -0.1) is 0 Å². The van der Waals surface area contributed by atoms with E-state index >= 15 is 0 Å². The first-order valence-corrected chi connectivity index (χ1v) is 22.1. The van der Waals surface area contributed by atoms with Crippen molar-refractivity contribution in [1.82, 2.24) is 69.5 Å². The molecule has 6 heterocycles. The Kier molecular flexibility index (Phi) is 10.2. The molecule has 3 amide bonds. The van der Waals surface area contributed by atoms with Crippen molar-refractivity contribution in [3.05, 3.63) is 42.9 Å². The van der Waals surface area contributed by atoms with Crippen LogP contribution in [-0.2, 0) is 14.4 Å². The van der Waals surface area contributed by atoms with E-state index in [2.05, 4.69) is 55.8 Å². The monoisotopic (exact) mass is 939 g/mol. The minimum atomic E-state index is -1.12. The van der Waals surface area contributed by atoms with Crippen molar-refractivity contribution in [2.24, 2.45) is 34.0 Å². The predicted octanol–water partition coefficient (Wildman–Crippen LogP) is -3.47. The number of aliphatic hydroxyl groups is 6. The maximum absolute atomic E-state index is 12.2. The molecule has 0 radical (unpaired) electrons. The Labute approximate surface area is 385 Å². The number of nitrogen functional groups attached to an aromatic ring is 3. The Morgan fingerprint density at radius 2 is 0.882 bits per heavy atom. The van der Waals surface area contributed by atoms with E-state index < -0.39 is 71.0 Å². The summed E-state index contributed by atoms with van der Waals surface area (Å²) < 4.78 is 5.13. The molecule has 15 atom stereocenters. The second-order valence-corrected chi connectivity index (χ2v) is 18.8. The number of aryl methyl sites for hydroxylation is 2. The summed E-state index contributed by atoms with van der Waals surface area (Å²) in [7, 11) is 4.60. The van der Waals surface area contributed by atoms with Crippen molar-refractivity contribution in [2.75, 3.05) is 38.3 Å². The van der Waals surface area contributed by atoms with Crippen LogP contribution in [0.2, 0.25) is 0 Å². The number of imidazole rings is 3. The summed E-state index contributed by atoms with van der Waals surface area (Å²) in [6.07, 6.45) is 1.28. The summed E-state index contributed by atoms with van der Waals surface area (Å²) >= 11 is 0. The zero-order valence-corrected chi connectivity index (χ0v) is 37.5. The highest BCUT2D eigenvalue weighted by molar-refractivity contribution is 5.90. The number of hydrogen-bond donors (Lipinski definition) is 12. The number of carbonyl (C=O) groups is 3. The highest BCUT2D eigenvalue weighted by atomic mass is 16.3. The number of pyridine rings is 1. The van der Waals surface area contributed by atoms with Crippen LogP contribution < -0.4 is 33.2 Å². The Balaban J connectivity index is 0.000000119. The topological polar surface area (TPSA) is 405 Å². The largest absolute Gasteiger partial charge is 0.397 e. The van der Waals surface area contributed by atoms with Crippen molar-refractivity contribution >= 4 is 68.5 Å². The first-order valence-electron chi connectivity index (χ1n) is 22.1. The molecule has 6 aromatic rings. The van der Waals surface area contributed by atoms with E-state index in [0.717, 1.165) is 0 Å². The van der Waals surface area contributed by atoms with Crippen molar-refractivity contribution in [3.63, 3.8) is 0 Å². The minimum Gasteiger partial charge on any atom is -0.397 e. The SMILES string of the molecule is CNC(=O)[C@@]12C[C@@H]1[C@@H](n1cnc3c(N)ccnc31)[C@@H](O)C2O.CNC(=O)[C@@]12C[C@@H]1[C@@H](n1cnc3c(N)nc(C)nc31)[C@@H](O)C2O.CNC(=O)[C@@]12C[C@@H]1[C@@H](n1cnc3c(N)nc(C)nc31)[C@@H](O)C2O. The zero-order chi connectivity index (χ0) is 48.7. The van der Waals surface area contributed by atoms with Gasteiger partial charge in [0, 0.05) is 45.1 Å². The number of nitrogens with one attached hydrogen (secondary N) is 3. The van der Waals surface area contributed by atoms with Crippen LogP contribution >= 0.6 is 0 Å². The van der Waals surface area contributed by atoms with E-state index in [1.54, 1.807) is 46.1 Å². The average molecular weight is 940 g/mol. The van der Waals surface area contributed by atoms with Crippen LogP contribution in [-0.4, -0.2) is 160 Å². The molecule has 0 bridgehead atoms. The highest BCUT2D eigenvalue weighted by Gasteiger charge is 2.77. The molecule has 0 aliphatic heterocycles. The van der Waals surface area contributed by atoms with Gasteiger partial charge in [0.1, 0.15) is 46.5 Å². The van der Waals surface area contributed by atoms with Gasteiger partial charge in [0.2, 0.25) is 17.7 Å². The first-order chi connectivity index (χ1) is 32.3. The second kappa shape index (κ2) is 15.4. The number of anilines is 3. The lowest BCUT2D eigenvalue weighted by atomic mass is 9.98. The molecule has 360 valence electrons. The van der Waals surface area contributed by atoms with E-state index in [0.29, 0.717) is 70.1 Å². The highest BCUT2D eigenvalue weighted by Crippen LogP contribution is 2.70. The van der Waals surface area contributed by atoms with Crippen LogP contribution in [0.3, 0.4) is 0 Å². The molecule has 0 aromatic carbocycles. The van der Waals surface area contributed by atoms with E-state index in [-0.39, 0.29) is 47.1 Å². The van der Waals surface area contributed by atoms with Crippen LogP contribution in [0.5, 0.6) is 0 Å². The van der Waals surface area contributed by atoms with Crippen molar-refractivity contribution in [2.45, 2.75) is 87.9 Å². The van der Waals surface area contributed by atoms with E-state index in [1.807, 2.05) is 0 Å². The third-order valence-corrected chi connectivity index (χ3v) is 15.5. The van der Waals surface area contributed by atoms with Gasteiger partial charge in [-0.25, -0.2) is 39.9 Å². The number of carbonyl (C=O) groups excluding carboxylic acids is 3. The van der Waals surface area contributed by atoms with Crippen LogP contribution in [0.25, 0.3) is 33.5 Å². The van der Waals surface area contributed by atoms with Crippen LogP contribution in [0.4, 0.5) is 17.3 Å². The molecule has 6 aliphatic carbocycles. The summed E-state index contributed by atoms with van der Waals surface area (Å²) in [6, 6.07) is 0.277. The molecule has 6 aromatic heterocycles. The molecule has 6 saturated carbocycles. The number of rotatable bonds is 6. The molecule has 12 rings (SSSR count). The third-order valence-electron chi connectivity index (χ3n) is 15.5. The minimum absolute atomic E-state index is 0.141. The number of nitrogens with two attached hydrogens (primary N) is 3. The fourth-order valence-electron chi connectivity index (χ4n) is 12.1. The van der Waals surface area contributed by atoms with E-state index in [1.165, 1.54) is 33.8 Å². The van der Waals surface area contributed by atoms with Gasteiger partial charge >= 0.3 is 0 Å². The quantitative estimate of drug-likeness (QED) is 0.0772. The number of nitrogens with zero attached hydrogens (tertiary/aromatic N) is 11. The number of amides is 3. The molecular formula is C42H53N17O9. The number of aliphatic hydroxyl groups excluding tert-OH is 6. The number of fused-ring (bicyclic) bond motifs is 6. The molecular weight excluding hydrogens is 887 g/mol. The van der Waals surface area contributed by atoms with Gasteiger partial charge in [-0.1, -0.05) is 0 Å². The second-order valence-electron chi connectivity index (χ2n) is 18.8. The Morgan fingerprint density at radius 1 is 0.544 bits per heavy atom. The van der Waals surface area contributed by atoms with Gasteiger partial charge in [-0.2, -0.15) is 0 Å². The van der Waals surface area contributed by atoms with Crippen LogP contribution in [0.1, 0.15) is 49.0 Å². The molecule has 3 unspecified atom stereocenters. The van der Waals surface area contributed by atoms with Gasteiger partial charge in [-0.05, 0) is 39.2 Å². The molecule has 26 nitrogen and oxygen atoms in total. The average Bonchev–Trinajstić information content (AvgIpc) is 4.19. The fraction of sp³-hybridized carbons (Fsp3) is 0.548. The summed E-state index contributed by atoms with van der Waals surface area (Å²) in [5.41, 5.74) is 18.4. The lowest BCUT2D eigenvalue weighted by Crippen LogP contribution is -2.41. The Hall–Kier alpha value is -6.71. The van der Waals surface area contributed by atoms with Gasteiger partial charge in [0.25, 0.3) is 0 Å². The van der Waals surface area contributed by atoms with E-state index in [9.17, 15) is 45.0 Å². The molecule has 68 heavy (non-hydrogen) atoms. The van der Waals surface area contributed by atoms with Crippen molar-refractivity contribution < 1.29 is 45.0 Å². The van der Waals surface area contributed by atoms with Gasteiger partial charge in [-0.3, -0.25) is 14.4 Å². The first kappa shape index (κ1) is 45.1. The Bertz CT molecular complexity index is 2920. The number of hydrogen-bond acceptors (Lipinski definition) is 20. The fourth-order valence-corrected chi connectivity index (χ4v) is 12.1. The summed E-state index contributed by atoms with van der Waals surface area (Å²) in [4.78, 5) is 70.3. The number of aromatic nitrogens is 11. The smallest absolute Gasteiger partial charge is 0.229 e. The third kappa shape index (κ3) is 6.00. The van der Waals surface area contributed by atoms with Crippen LogP contribution in [0.15, 0.2) is 31.2 Å². The summed E-state index contributed by atoms with van der Waals surface area (Å²) in [6.45, 7) is 3.44. The van der Waals surface area contributed by atoms with Gasteiger partial charge < -0.3 is 77.5 Å². The van der Waals surface area contributed by atoms with Gasteiger partial charge in [0.15, 0.2) is 28.6 Å². The molecule has 15 N–H and O–H groups in total. The van der Waals surface area contributed by atoms with E-state index in [4.69, 9.17) is 17.2 Å². The Morgan fingerprint density at radius 3 is 1.24 bits per heavy atom. The standard InChI is InChI=1S/2C14H18N6O3.C14H17N5O3/c2*1-5-18-11(15)7-12(19-5)20(4-17-7)8-6-3-14(6,13(23)16-2)10(22)9(8)21;1-16-13(22)14-4-6(14)9(10(20)11(14)21)19-5-18-8-7(15)2-3-17-12(8)19/h2*4,6,8-10,21-22H,3H2,1-2H3,(H,16,23)(H2,15,18,19);2-3,5-6,9-11,20-21H,4H2,1H3,(H2,15,17)(H,16,22)/t2*6-,8-,9-,10?,14+;6-,9-,10-,11?,14+/m111/s1. The van der Waals surface area contributed by atoms with Gasteiger partial charge in [0.05, 0.1) is 77.4 Å². The molecule has 0 saturated heterocycles. The molecule has 0 spiro atoms. The maximum Gasteiger partial charge on any atom is 0.229 e. The van der Waals surface area contributed by atoms with Crippen LogP contribution in [0, 0.1) is 47.8 Å². The normalized spacial score (nSPS) is 35.6. The maximum atomic E-state index is 12.2. The summed E-state index contributed by atoms with van der Waals surface area (Å²) in [5.74, 6) is 0.346.